The van der Waals surface area contributed by atoms with E-state index in [9.17, 15) is 13.2 Å². The van der Waals surface area contributed by atoms with Crippen LogP contribution in [-0.2, 0) is 6.18 Å². The molecule has 0 aliphatic rings. The lowest BCUT2D eigenvalue weighted by atomic mass is 10.3. The Hall–Kier alpha value is -1.17. The van der Waals surface area contributed by atoms with Crippen LogP contribution in [0.15, 0.2) is 12.4 Å². The lowest BCUT2D eigenvalue weighted by Crippen LogP contribution is -2.08. The molecular formula is C7H7F3N2O. The van der Waals surface area contributed by atoms with Crippen molar-refractivity contribution in [2.75, 3.05) is 0 Å². The van der Waals surface area contributed by atoms with Gasteiger partial charge in [0.25, 0.3) is 0 Å². The molecular weight excluding hydrogens is 185 g/mol. The van der Waals surface area contributed by atoms with Crippen molar-refractivity contribution in [3.63, 3.8) is 0 Å². The summed E-state index contributed by atoms with van der Waals surface area (Å²) in [4.78, 5) is 6.73. The van der Waals surface area contributed by atoms with Crippen LogP contribution < -0.4 is 0 Å². The molecule has 0 bridgehead atoms. The zero-order valence-electron chi connectivity index (χ0n) is 6.71. The van der Waals surface area contributed by atoms with Crippen LogP contribution in [0.25, 0.3) is 0 Å². The molecule has 1 rings (SSSR count). The Bertz CT molecular complexity index is 281. The summed E-state index contributed by atoms with van der Waals surface area (Å²) >= 11 is 0. The molecule has 0 fully saturated rings. The number of nitrogens with zero attached hydrogens (tertiary/aromatic N) is 2. The maximum absolute atomic E-state index is 12.0. The summed E-state index contributed by atoms with van der Waals surface area (Å²) in [6, 6.07) is 0. The zero-order valence-corrected chi connectivity index (χ0v) is 6.71. The molecule has 13 heavy (non-hydrogen) atoms. The van der Waals surface area contributed by atoms with Crippen molar-refractivity contribution in [1.82, 2.24) is 9.97 Å². The molecule has 6 heteroatoms. The van der Waals surface area contributed by atoms with Crippen LogP contribution >= 0.6 is 0 Å². The Morgan fingerprint density at radius 1 is 1.31 bits per heavy atom. The average Bonchev–Trinajstić information content (AvgIpc) is 2.03. The summed E-state index contributed by atoms with van der Waals surface area (Å²) in [5.41, 5.74) is -0.920. The van der Waals surface area contributed by atoms with Crippen molar-refractivity contribution >= 4 is 0 Å². The molecule has 0 aliphatic heterocycles. The first-order chi connectivity index (χ1) is 5.91. The fraction of sp³-hybridized carbons (Fsp3) is 0.429. The van der Waals surface area contributed by atoms with Crippen molar-refractivity contribution in [2.24, 2.45) is 0 Å². The van der Waals surface area contributed by atoms with Crippen LogP contribution in [-0.4, -0.2) is 15.1 Å². The maximum Gasteiger partial charge on any atom is 0.419 e. The molecule has 1 heterocycles. The predicted molar refractivity (Wildman–Crippen MR) is 37.7 cm³/mol. The number of rotatable bonds is 1. The van der Waals surface area contributed by atoms with Gasteiger partial charge < -0.3 is 5.11 Å². The lowest BCUT2D eigenvalue weighted by Gasteiger charge is -2.06. The van der Waals surface area contributed by atoms with E-state index in [1.165, 1.54) is 6.92 Å². The number of hydrogen-bond donors (Lipinski definition) is 1. The standard InChI is InChI=1S/C7H7F3N2O/c1-4(13)6-11-2-5(3-12-6)7(8,9)10/h2-4,13H,1H3. The summed E-state index contributed by atoms with van der Waals surface area (Å²) in [5.74, 6) is -0.0204. The number of alkyl halides is 3. The molecule has 0 radical (unpaired) electrons. The minimum Gasteiger partial charge on any atom is -0.385 e. The van der Waals surface area contributed by atoms with Crippen LogP contribution in [0.3, 0.4) is 0 Å². The van der Waals surface area contributed by atoms with Gasteiger partial charge in [0.2, 0.25) is 0 Å². The van der Waals surface area contributed by atoms with Crippen molar-refractivity contribution in [3.8, 4) is 0 Å². The maximum atomic E-state index is 12.0. The molecule has 0 saturated heterocycles. The van der Waals surface area contributed by atoms with Crippen molar-refractivity contribution < 1.29 is 18.3 Å². The first-order valence-corrected chi connectivity index (χ1v) is 3.48. The molecule has 1 atom stereocenters. The SMILES string of the molecule is CC(O)c1ncc(C(F)(F)F)cn1. The highest BCUT2D eigenvalue weighted by Crippen LogP contribution is 2.27. The highest BCUT2D eigenvalue weighted by Gasteiger charge is 2.31. The molecule has 1 aromatic heterocycles. The highest BCUT2D eigenvalue weighted by atomic mass is 19.4. The summed E-state index contributed by atoms with van der Waals surface area (Å²) in [7, 11) is 0. The van der Waals surface area contributed by atoms with Gasteiger partial charge in [-0.1, -0.05) is 0 Å². The summed E-state index contributed by atoms with van der Waals surface area (Å²) in [6.45, 7) is 1.38. The molecule has 72 valence electrons. The molecule has 1 aromatic rings. The van der Waals surface area contributed by atoms with Crippen LogP contribution in [0, 0.1) is 0 Å². The van der Waals surface area contributed by atoms with E-state index in [2.05, 4.69) is 9.97 Å². The van der Waals surface area contributed by atoms with Crippen LogP contribution in [0.4, 0.5) is 13.2 Å². The molecule has 1 unspecified atom stereocenters. The van der Waals surface area contributed by atoms with E-state index in [-0.39, 0.29) is 5.82 Å². The van der Waals surface area contributed by atoms with E-state index < -0.39 is 17.8 Å². The van der Waals surface area contributed by atoms with E-state index in [1.807, 2.05) is 0 Å². The van der Waals surface area contributed by atoms with E-state index in [1.54, 1.807) is 0 Å². The second kappa shape index (κ2) is 3.29. The molecule has 0 amide bonds. The molecule has 0 spiro atoms. The van der Waals surface area contributed by atoms with Crippen molar-refractivity contribution in [2.45, 2.75) is 19.2 Å². The Labute approximate surface area is 72.3 Å². The highest BCUT2D eigenvalue weighted by molar-refractivity contribution is 5.09. The monoisotopic (exact) mass is 192 g/mol. The van der Waals surface area contributed by atoms with Gasteiger partial charge >= 0.3 is 6.18 Å². The van der Waals surface area contributed by atoms with Gasteiger partial charge in [-0.3, -0.25) is 0 Å². The van der Waals surface area contributed by atoms with Gasteiger partial charge in [-0.25, -0.2) is 9.97 Å². The minimum atomic E-state index is -4.43. The summed E-state index contributed by atoms with van der Waals surface area (Å²) in [5, 5.41) is 8.91. The first kappa shape index (κ1) is 9.91. The second-order valence-electron chi connectivity index (χ2n) is 2.50. The average molecular weight is 192 g/mol. The van der Waals surface area contributed by atoms with Crippen LogP contribution in [0.2, 0.25) is 0 Å². The Kier molecular flexibility index (Phi) is 2.51. The van der Waals surface area contributed by atoms with Gasteiger partial charge in [0.15, 0.2) is 5.82 Å². The molecule has 1 N–H and O–H groups in total. The number of hydrogen-bond acceptors (Lipinski definition) is 3. The Balaban J connectivity index is 2.94. The van der Waals surface area contributed by atoms with Crippen LogP contribution in [0.1, 0.15) is 24.4 Å². The molecule has 0 aromatic carbocycles. The smallest absolute Gasteiger partial charge is 0.385 e. The zero-order chi connectivity index (χ0) is 10.1. The number of aliphatic hydroxyl groups excluding tert-OH is 1. The fourth-order valence-corrected chi connectivity index (χ4v) is 0.700. The number of halogens is 3. The molecule has 0 aliphatic carbocycles. The largest absolute Gasteiger partial charge is 0.419 e. The summed E-state index contributed by atoms with van der Waals surface area (Å²) in [6.07, 6.45) is -4.09. The van der Waals surface area contributed by atoms with Gasteiger partial charge in [-0.05, 0) is 6.92 Å². The first-order valence-electron chi connectivity index (χ1n) is 3.48. The van der Waals surface area contributed by atoms with Gasteiger partial charge in [0, 0.05) is 12.4 Å². The third-order valence-corrected chi connectivity index (χ3v) is 1.37. The molecule has 3 nitrogen and oxygen atoms in total. The van der Waals surface area contributed by atoms with E-state index in [0.717, 1.165) is 0 Å². The number of aromatic nitrogens is 2. The third-order valence-electron chi connectivity index (χ3n) is 1.37. The summed E-state index contributed by atoms with van der Waals surface area (Å²) < 4.78 is 35.9. The third kappa shape index (κ3) is 2.38. The minimum absolute atomic E-state index is 0.0204. The van der Waals surface area contributed by atoms with Gasteiger partial charge in [0.1, 0.15) is 6.10 Å². The lowest BCUT2D eigenvalue weighted by molar-refractivity contribution is -0.138. The van der Waals surface area contributed by atoms with E-state index >= 15 is 0 Å². The van der Waals surface area contributed by atoms with E-state index in [4.69, 9.17) is 5.11 Å². The van der Waals surface area contributed by atoms with Crippen LogP contribution in [0.5, 0.6) is 0 Å². The van der Waals surface area contributed by atoms with Gasteiger partial charge in [-0.15, -0.1) is 0 Å². The normalized spacial score (nSPS) is 14.2. The topological polar surface area (TPSA) is 46.0 Å². The number of aliphatic hydroxyl groups is 1. The van der Waals surface area contributed by atoms with Crippen molar-refractivity contribution in [3.05, 3.63) is 23.8 Å². The van der Waals surface area contributed by atoms with Crippen molar-refractivity contribution in [1.29, 1.82) is 0 Å². The predicted octanol–water partition coefficient (Wildman–Crippen LogP) is 1.55. The molecule has 0 saturated carbocycles. The van der Waals surface area contributed by atoms with E-state index in [0.29, 0.717) is 12.4 Å². The Morgan fingerprint density at radius 3 is 2.08 bits per heavy atom. The van der Waals surface area contributed by atoms with Gasteiger partial charge in [-0.2, -0.15) is 13.2 Å². The Morgan fingerprint density at radius 2 is 1.77 bits per heavy atom. The quantitative estimate of drug-likeness (QED) is 0.734. The fourth-order valence-electron chi connectivity index (χ4n) is 0.700. The second-order valence-corrected chi connectivity index (χ2v) is 2.50. The van der Waals surface area contributed by atoms with Gasteiger partial charge in [0.05, 0.1) is 5.56 Å².